The Morgan fingerprint density at radius 2 is 1.64 bits per heavy atom. The lowest BCUT2D eigenvalue weighted by atomic mass is 10.0. The number of aromatic amines is 1. The molecule has 0 atom stereocenters. The van der Waals surface area contributed by atoms with Crippen LogP contribution >= 0.6 is 0 Å². The van der Waals surface area contributed by atoms with E-state index in [0.717, 1.165) is 10.3 Å². The molecule has 1 aliphatic heterocycles. The first-order valence-corrected chi connectivity index (χ1v) is 8.55. The number of ether oxygens (including phenoxy) is 1. The largest absolute Gasteiger partial charge is 0.508 e. The van der Waals surface area contributed by atoms with Gasteiger partial charge in [-0.1, -0.05) is 12.1 Å². The number of carbonyl (C=O) groups is 2. The lowest BCUT2D eigenvalue weighted by Crippen LogP contribution is -2.24. The molecule has 0 spiro atoms. The predicted octanol–water partition coefficient (Wildman–Crippen LogP) is 3.75. The van der Waals surface area contributed by atoms with E-state index >= 15 is 0 Å². The minimum absolute atomic E-state index is 0.0805. The van der Waals surface area contributed by atoms with Crippen molar-refractivity contribution in [2.45, 2.75) is 0 Å². The number of carbonyl (C=O) groups excluding carboxylic acids is 2. The third kappa shape index (κ3) is 2.10. The van der Waals surface area contributed by atoms with Crippen LogP contribution in [0.3, 0.4) is 0 Å². The Bertz CT molecular complexity index is 1320. The summed E-state index contributed by atoms with van der Waals surface area (Å²) in [6, 6.07) is 12.8. The maximum Gasteiger partial charge on any atom is 0.265 e. The van der Waals surface area contributed by atoms with E-state index in [1.165, 1.54) is 19.2 Å². The summed E-state index contributed by atoms with van der Waals surface area (Å²) in [5, 5.41) is 21.1. The van der Waals surface area contributed by atoms with Gasteiger partial charge in [0.1, 0.15) is 11.5 Å². The van der Waals surface area contributed by atoms with Gasteiger partial charge in [-0.3, -0.25) is 14.5 Å². The number of nitrogens with one attached hydrogen (secondary N) is 1. The molecule has 4 aromatic rings. The van der Waals surface area contributed by atoms with Gasteiger partial charge in [-0.25, -0.2) is 0 Å². The molecule has 5 rings (SSSR count). The van der Waals surface area contributed by atoms with Crippen LogP contribution in [0.25, 0.3) is 21.8 Å². The van der Waals surface area contributed by atoms with Crippen LogP contribution in [0.5, 0.6) is 23.0 Å². The van der Waals surface area contributed by atoms with Crippen LogP contribution in [0, 0.1) is 0 Å². The second-order valence-corrected chi connectivity index (χ2v) is 6.64. The molecule has 0 bridgehead atoms. The second-order valence-electron chi connectivity index (χ2n) is 6.64. The first-order valence-electron chi connectivity index (χ1n) is 8.55. The summed E-state index contributed by atoms with van der Waals surface area (Å²) in [4.78, 5) is 29.8. The number of nitrogens with zero attached hydrogens (tertiary/aromatic N) is 1. The van der Waals surface area contributed by atoms with Crippen molar-refractivity contribution in [2.75, 3.05) is 7.05 Å². The monoisotopic (exact) mass is 374 g/mol. The molecule has 0 radical (unpaired) electrons. The van der Waals surface area contributed by atoms with Gasteiger partial charge in [-0.2, -0.15) is 0 Å². The Morgan fingerprint density at radius 3 is 2.43 bits per heavy atom. The van der Waals surface area contributed by atoms with E-state index in [0.29, 0.717) is 16.4 Å². The Hall–Kier alpha value is -4.00. The maximum atomic E-state index is 12.8. The first kappa shape index (κ1) is 16.2. The highest BCUT2D eigenvalue weighted by Crippen LogP contribution is 2.43. The average Bonchev–Trinajstić information content (AvgIpc) is 3.13. The average molecular weight is 374 g/mol. The summed E-state index contributed by atoms with van der Waals surface area (Å²) in [5.41, 5.74) is 1.61. The number of aromatic hydroxyl groups is 2. The molecule has 2 amide bonds. The standard InChI is InChI=1S/C21H14N2O5/c1-23-20(26)18-16(28-15-5-3-2-4-14(15)25)9-13-17(19(18)21(23)27)11-7-6-10(24)8-12(11)22-13/h2-9,22,24-25H,1H3. The number of imide groups is 1. The highest BCUT2D eigenvalue weighted by Gasteiger charge is 2.39. The fourth-order valence-corrected chi connectivity index (χ4v) is 3.63. The van der Waals surface area contributed by atoms with Crippen LogP contribution in [0.15, 0.2) is 48.5 Å². The molecule has 2 heterocycles. The summed E-state index contributed by atoms with van der Waals surface area (Å²) < 4.78 is 5.83. The van der Waals surface area contributed by atoms with Crippen molar-refractivity contribution in [3.63, 3.8) is 0 Å². The topological polar surface area (TPSA) is 103 Å². The summed E-state index contributed by atoms with van der Waals surface area (Å²) in [6.45, 7) is 0. The van der Waals surface area contributed by atoms with E-state index in [4.69, 9.17) is 4.74 Å². The molecule has 138 valence electrons. The smallest absolute Gasteiger partial charge is 0.265 e. The van der Waals surface area contributed by atoms with Gasteiger partial charge in [0.05, 0.1) is 22.2 Å². The number of hydrogen-bond donors (Lipinski definition) is 3. The van der Waals surface area contributed by atoms with E-state index in [9.17, 15) is 19.8 Å². The van der Waals surface area contributed by atoms with E-state index in [1.54, 1.807) is 36.4 Å². The molecule has 0 fully saturated rings. The molecule has 28 heavy (non-hydrogen) atoms. The molecule has 0 aliphatic carbocycles. The third-order valence-corrected chi connectivity index (χ3v) is 4.96. The van der Waals surface area contributed by atoms with Crippen LogP contribution in [0.4, 0.5) is 0 Å². The molecule has 0 unspecified atom stereocenters. The molecular formula is C21H14N2O5. The van der Waals surface area contributed by atoms with Gasteiger partial charge in [0.2, 0.25) is 0 Å². The molecule has 1 aliphatic rings. The van der Waals surface area contributed by atoms with Crippen LogP contribution in [0.1, 0.15) is 20.7 Å². The van der Waals surface area contributed by atoms with Crippen molar-refractivity contribution in [3.05, 3.63) is 59.7 Å². The van der Waals surface area contributed by atoms with Gasteiger partial charge in [-0.05, 0) is 24.3 Å². The minimum atomic E-state index is -0.472. The maximum absolute atomic E-state index is 12.8. The lowest BCUT2D eigenvalue weighted by Gasteiger charge is -2.11. The zero-order valence-corrected chi connectivity index (χ0v) is 14.7. The SMILES string of the molecule is CN1C(=O)c2c(Oc3ccccc3O)cc3[nH]c4cc(O)ccc4c3c2C1=O. The Morgan fingerprint density at radius 1 is 0.893 bits per heavy atom. The van der Waals surface area contributed by atoms with Crippen molar-refractivity contribution in [2.24, 2.45) is 0 Å². The fourth-order valence-electron chi connectivity index (χ4n) is 3.63. The number of fused-ring (bicyclic) bond motifs is 5. The molecule has 1 aromatic heterocycles. The molecular weight excluding hydrogens is 360 g/mol. The summed E-state index contributed by atoms with van der Waals surface area (Å²) in [6.07, 6.45) is 0. The highest BCUT2D eigenvalue weighted by molar-refractivity contribution is 6.31. The molecule has 3 N–H and O–H groups in total. The molecule has 0 saturated heterocycles. The van der Waals surface area contributed by atoms with Crippen LogP contribution in [-0.2, 0) is 0 Å². The Labute approximate surface area is 158 Å². The number of H-pyrrole nitrogens is 1. The van der Waals surface area contributed by atoms with E-state index < -0.39 is 11.8 Å². The highest BCUT2D eigenvalue weighted by atomic mass is 16.5. The Kier molecular flexibility index (Phi) is 3.18. The van der Waals surface area contributed by atoms with Crippen molar-refractivity contribution < 1.29 is 24.5 Å². The summed E-state index contributed by atoms with van der Waals surface area (Å²) in [7, 11) is 1.42. The minimum Gasteiger partial charge on any atom is -0.508 e. The van der Waals surface area contributed by atoms with Gasteiger partial charge in [0.25, 0.3) is 11.8 Å². The molecule has 7 nitrogen and oxygen atoms in total. The van der Waals surface area contributed by atoms with Crippen molar-refractivity contribution in [3.8, 4) is 23.0 Å². The van der Waals surface area contributed by atoms with E-state index in [-0.39, 0.29) is 34.1 Å². The van der Waals surface area contributed by atoms with Gasteiger partial charge in [-0.15, -0.1) is 0 Å². The van der Waals surface area contributed by atoms with Crippen LogP contribution in [0.2, 0.25) is 0 Å². The number of rotatable bonds is 2. The molecule has 3 aromatic carbocycles. The normalized spacial score (nSPS) is 13.5. The number of aromatic nitrogens is 1. The second kappa shape index (κ2) is 5.50. The third-order valence-electron chi connectivity index (χ3n) is 4.96. The predicted molar refractivity (Wildman–Crippen MR) is 102 cm³/mol. The number of phenolic OH excluding ortho intramolecular Hbond substituents is 2. The summed E-state index contributed by atoms with van der Waals surface area (Å²) in [5.74, 6) is -0.554. The zero-order valence-electron chi connectivity index (χ0n) is 14.7. The lowest BCUT2D eigenvalue weighted by molar-refractivity contribution is 0.0693. The van der Waals surface area contributed by atoms with Gasteiger partial charge in [0, 0.05) is 30.0 Å². The van der Waals surface area contributed by atoms with E-state index in [1.807, 2.05) is 0 Å². The number of amides is 2. The van der Waals surface area contributed by atoms with E-state index in [2.05, 4.69) is 4.98 Å². The fraction of sp³-hybridized carbons (Fsp3) is 0.0476. The quantitative estimate of drug-likeness (QED) is 0.464. The Balaban J connectivity index is 1.85. The zero-order chi connectivity index (χ0) is 19.6. The number of para-hydroxylation sites is 2. The number of phenols is 2. The van der Waals surface area contributed by atoms with Crippen molar-refractivity contribution in [1.82, 2.24) is 9.88 Å². The van der Waals surface area contributed by atoms with Crippen molar-refractivity contribution >= 4 is 33.6 Å². The van der Waals surface area contributed by atoms with Crippen molar-refractivity contribution in [1.29, 1.82) is 0 Å². The van der Waals surface area contributed by atoms with Gasteiger partial charge >= 0.3 is 0 Å². The van der Waals surface area contributed by atoms with Gasteiger partial charge in [0.15, 0.2) is 11.5 Å². The summed E-state index contributed by atoms with van der Waals surface area (Å²) >= 11 is 0. The van der Waals surface area contributed by atoms with Gasteiger partial charge < -0.3 is 19.9 Å². The van der Waals surface area contributed by atoms with Crippen LogP contribution < -0.4 is 4.74 Å². The number of hydrogen-bond acceptors (Lipinski definition) is 5. The first-order chi connectivity index (χ1) is 13.5. The molecule has 7 heteroatoms. The van der Waals surface area contributed by atoms with Crippen LogP contribution in [-0.4, -0.2) is 39.0 Å². The number of benzene rings is 3. The molecule has 0 saturated carbocycles.